The molecule has 13 rings (SSSR count). The van der Waals surface area contributed by atoms with Crippen molar-refractivity contribution in [3.63, 3.8) is 0 Å². The maximum absolute atomic E-state index is 9.02. The van der Waals surface area contributed by atoms with Crippen molar-refractivity contribution in [1.82, 2.24) is 0 Å². The second kappa shape index (κ2) is 37.9. The lowest BCUT2D eigenvalue weighted by atomic mass is 9.64. The van der Waals surface area contributed by atoms with Crippen LogP contribution in [0.2, 0.25) is 20.0 Å². The third-order valence-electron chi connectivity index (χ3n) is 19.2. The molecule has 5 heterocycles. The van der Waals surface area contributed by atoms with Crippen molar-refractivity contribution in [3.05, 3.63) is 223 Å². The van der Waals surface area contributed by atoms with Crippen LogP contribution in [0.25, 0.3) is 42.1 Å². The van der Waals surface area contributed by atoms with E-state index in [0.29, 0.717) is 5.46 Å². The molecule has 3 aliphatic rings. The maximum atomic E-state index is 9.02. The van der Waals surface area contributed by atoms with E-state index < -0.39 is 7.12 Å². The summed E-state index contributed by atoms with van der Waals surface area (Å²) in [5.41, 5.74) is 3.33. The van der Waals surface area contributed by atoms with Crippen LogP contribution in [-0.4, -0.2) is 96.0 Å². The van der Waals surface area contributed by atoms with Gasteiger partial charge >= 0.3 is 35.4 Å². The van der Waals surface area contributed by atoms with Gasteiger partial charge in [0.2, 0.25) is 0 Å². The standard InChI is InChI=1S/C20H29BO2S2.C16H19BO2.C12H17BO2.C11H10.C10H9BO2.C7H9BO.C5H13BO.CH4/c1-6-7-8-9-10-15-11-12-16(24-15)17-13-14-18(25-17)21-22-19(2,3)20(4,5)23-21;1-15(2)16(3,4)19-17(18-15)14-10-9-12-7-5-6-8-13(12)11-14;1-11(2)12(3,4)15-13(14-11)10-8-6-5-7-9-10;1-9-6-7-10-4-2-3-5-11(10)8-9;12-11(13)10-6-5-8-3-1-2-4-9(8)7-10;1-8(9)7-5-3-2-4-6-7;1-3-4-5-6(2)7;/h11-14H,6-10H2,1-5H3;5-11H,1-4H3;5-9H,1-4H3;2-8H,1H3;1-7,12-13H;2-6,9H,1H3;7H,3-5H2,1-2H3;1H4. The average molecular weight is 1380 g/mol. The van der Waals surface area contributed by atoms with E-state index in [9.17, 15) is 0 Å². The number of unbranched alkanes of at least 4 members (excludes halogenated alkanes) is 4. The Kier molecular flexibility index (Phi) is 31.4. The Bertz CT molecular complexity index is 4000. The summed E-state index contributed by atoms with van der Waals surface area (Å²) in [6, 6.07) is 71.4. The minimum Gasteiger partial charge on any atom is -0.451 e. The van der Waals surface area contributed by atoms with E-state index in [2.05, 4.69) is 213 Å². The summed E-state index contributed by atoms with van der Waals surface area (Å²) in [6.45, 7) is 34.6. The quantitative estimate of drug-likeness (QED) is 0.0615. The summed E-state index contributed by atoms with van der Waals surface area (Å²) >= 11 is 3.72. The minimum absolute atomic E-state index is 0. The Labute approximate surface area is 610 Å². The first-order valence-electron chi connectivity index (χ1n) is 35.4. The molecule has 3 aliphatic heterocycles. The van der Waals surface area contributed by atoms with Gasteiger partial charge in [-0.15, -0.1) is 22.7 Å². The van der Waals surface area contributed by atoms with Crippen LogP contribution in [0, 0.1) is 6.92 Å². The van der Waals surface area contributed by atoms with E-state index in [1.807, 2.05) is 109 Å². The van der Waals surface area contributed by atoms with E-state index >= 15 is 0 Å². The van der Waals surface area contributed by atoms with Crippen molar-refractivity contribution >= 4 is 124 Å². The number of rotatable bonds is 14. The molecule has 0 aliphatic carbocycles. The van der Waals surface area contributed by atoms with Gasteiger partial charge in [-0.1, -0.05) is 267 Å². The summed E-state index contributed by atoms with van der Waals surface area (Å²) < 4.78 is 37.5. The Morgan fingerprint density at radius 3 is 1.24 bits per heavy atom. The zero-order valence-corrected chi connectivity index (χ0v) is 63.5. The van der Waals surface area contributed by atoms with Gasteiger partial charge < -0.3 is 48.0 Å². The number of aryl methyl sites for hydroxylation is 2. The van der Waals surface area contributed by atoms with Gasteiger partial charge in [-0.05, 0) is 182 Å². The second-order valence-electron chi connectivity index (χ2n) is 29.0. The van der Waals surface area contributed by atoms with Crippen LogP contribution in [0.5, 0.6) is 0 Å². The third kappa shape index (κ3) is 23.7. The van der Waals surface area contributed by atoms with Gasteiger partial charge in [0, 0.05) is 19.4 Å². The van der Waals surface area contributed by atoms with Gasteiger partial charge in [0.1, 0.15) is 0 Å². The van der Waals surface area contributed by atoms with Crippen molar-refractivity contribution in [2.24, 2.45) is 0 Å². The number of benzene rings is 8. The van der Waals surface area contributed by atoms with Crippen LogP contribution < -0.4 is 26.6 Å². The highest BCUT2D eigenvalue weighted by Crippen LogP contribution is 2.40. The normalized spacial score (nSPS) is 16.1. The molecule has 3 fully saturated rings. The molecule has 0 bridgehead atoms. The van der Waals surface area contributed by atoms with Crippen LogP contribution in [-0.2, 0) is 34.3 Å². The Balaban J connectivity index is 0.000000190. The highest BCUT2D eigenvalue weighted by molar-refractivity contribution is 7.28. The van der Waals surface area contributed by atoms with Gasteiger partial charge in [0.25, 0.3) is 6.92 Å². The Morgan fingerprint density at radius 1 is 0.370 bits per heavy atom. The third-order valence-corrected chi connectivity index (χ3v) is 21.6. The van der Waals surface area contributed by atoms with E-state index in [-0.39, 0.29) is 76.2 Å². The summed E-state index contributed by atoms with van der Waals surface area (Å²) in [7, 11) is -2.16. The van der Waals surface area contributed by atoms with Crippen LogP contribution in [0.15, 0.2) is 212 Å². The number of hydrogen-bond acceptors (Lipinski definition) is 12. The molecule has 0 amide bonds. The fourth-order valence-corrected chi connectivity index (χ4v) is 12.9. The second-order valence-corrected chi connectivity index (χ2v) is 31.3. The summed E-state index contributed by atoms with van der Waals surface area (Å²) in [5, 5.41) is 42.8. The van der Waals surface area contributed by atoms with Gasteiger partial charge in [-0.2, -0.15) is 0 Å². The van der Waals surface area contributed by atoms with E-state index in [4.69, 9.17) is 48.0 Å². The average Bonchev–Trinajstić information content (AvgIpc) is 1.63. The lowest BCUT2D eigenvalue weighted by Crippen LogP contribution is -2.41. The van der Waals surface area contributed by atoms with Crippen molar-refractivity contribution in [3.8, 4) is 9.75 Å². The molecule has 18 heteroatoms. The monoisotopic (exact) mass is 1380 g/mol. The molecule has 10 nitrogen and oxygen atoms in total. The smallest absolute Gasteiger partial charge is 0.451 e. The van der Waals surface area contributed by atoms with Gasteiger partial charge in [0.05, 0.1) is 33.6 Å². The predicted octanol–water partition coefficient (Wildman–Crippen LogP) is 17.2. The Morgan fingerprint density at radius 2 is 0.780 bits per heavy atom. The van der Waals surface area contributed by atoms with Gasteiger partial charge in [-0.3, -0.25) is 0 Å². The SMILES string of the molecule is C.CB(O)c1ccccc1.CC1(C)OB(c2ccc3ccccc3c2)OC1(C)C.CC1(C)OB(c2ccccc2)OC1(C)C.CCCCB(C)O.CCCCCCc1ccc(-c2ccc(B3OC(C)(C)C(C)(C)O3)s2)s1.Cc1ccc2ccccc2c1.OB(O)c1ccc2ccccc2c1. The lowest BCUT2D eigenvalue weighted by Gasteiger charge is -2.32. The predicted molar refractivity (Wildman–Crippen MR) is 436 cm³/mol. The molecule has 3 saturated heterocycles. The molecule has 2 aromatic heterocycles. The van der Waals surface area contributed by atoms with E-state index in [1.54, 1.807) is 30.3 Å². The van der Waals surface area contributed by atoms with Gasteiger partial charge in [-0.25, -0.2) is 0 Å². The fraction of sp³-hybridized carbons (Fsp3) is 0.390. The molecular formula is C82H110B6O10S2. The topological polar surface area (TPSA) is 136 Å². The Hall–Kier alpha value is -6.07. The van der Waals surface area contributed by atoms with E-state index in [0.717, 1.165) is 44.7 Å². The van der Waals surface area contributed by atoms with Gasteiger partial charge in [0.15, 0.2) is 0 Å². The molecule has 0 saturated carbocycles. The maximum Gasteiger partial charge on any atom is 0.505 e. The lowest BCUT2D eigenvalue weighted by molar-refractivity contribution is 0.00578. The first-order chi connectivity index (χ1) is 46.8. The van der Waals surface area contributed by atoms with Crippen molar-refractivity contribution in [2.75, 3.05) is 0 Å². The molecule has 0 spiro atoms. The summed E-state index contributed by atoms with van der Waals surface area (Å²) in [6.07, 6.45) is 9.79. The summed E-state index contributed by atoms with van der Waals surface area (Å²) in [5.74, 6) is 0. The van der Waals surface area contributed by atoms with Crippen molar-refractivity contribution in [2.45, 2.75) is 210 Å². The largest absolute Gasteiger partial charge is 0.505 e. The van der Waals surface area contributed by atoms with Crippen LogP contribution in [0.1, 0.15) is 153 Å². The number of fused-ring (bicyclic) bond motifs is 3. The highest BCUT2D eigenvalue weighted by atomic mass is 32.1. The van der Waals surface area contributed by atoms with Crippen molar-refractivity contribution < 1.29 is 48.0 Å². The number of hydrogen-bond donors (Lipinski definition) is 4. The molecule has 0 unspecified atom stereocenters. The first-order valence-corrected chi connectivity index (χ1v) is 37.0. The molecule has 0 atom stereocenters. The number of thiophene rings is 2. The molecule has 8 aromatic carbocycles. The molecule has 10 aromatic rings. The van der Waals surface area contributed by atoms with Crippen LogP contribution in [0.3, 0.4) is 0 Å². The molecule has 100 heavy (non-hydrogen) atoms. The fourth-order valence-electron chi connectivity index (χ4n) is 10.8. The molecule has 0 radical (unpaired) electrons. The zero-order valence-electron chi connectivity index (χ0n) is 61.9. The minimum atomic E-state index is -1.38. The molecular weight excluding hydrogens is 1270 g/mol. The highest BCUT2D eigenvalue weighted by Gasteiger charge is 2.54. The van der Waals surface area contributed by atoms with E-state index in [1.165, 1.54) is 80.3 Å². The summed E-state index contributed by atoms with van der Waals surface area (Å²) in [4.78, 5) is 4.17. The van der Waals surface area contributed by atoms with Crippen LogP contribution >= 0.6 is 22.7 Å². The van der Waals surface area contributed by atoms with Crippen LogP contribution in [0.4, 0.5) is 0 Å². The molecule has 4 N–H and O–H groups in total. The first kappa shape index (κ1) is 82.9. The zero-order chi connectivity index (χ0) is 72.2. The van der Waals surface area contributed by atoms with Crippen molar-refractivity contribution in [1.29, 1.82) is 0 Å². The molecule has 528 valence electrons.